The van der Waals surface area contributed by atoms with Crippen LogP contribution in [0.4, 0.5) is 5.69 Å². The minimum atomic E-state index is -1.03. The first kappa shape index (κ1) is 17.3. The molecule has 1 N–H and O–H groups in total. The Hall–Kier alpha value is -3.48. The Balaban J connectivity index is 1.75. The van der Waals surface area contributed by atoms with Gasteiger partial charge in [-0.2, -0.15) is 5.10 Å². The molecule has 7 nitrogen and oxygen atoms in total. The maximum Gasteiger partial charge on any atom is 0.341 e. The predicted octanol–water partition coefficient (Wildman–Crippen LogP) is 2.34. The summed E-state index contributed by atoms with van der Waals surface area (Å²) in [5.41, 5.74) is 2.69. The fourth-order valence-corrected chi connectivity index (χ4v) is 2.62. The Kier molecular flexibility index (Phi) is 5.07. The molecule has 0 aliphatic carbocycles. The maximum absolute atomic E-state index is 12.5. The van der Waals surface area contributed by atoms with Gasteiger partial charge < -0.3 is 14.7 Å². The van der Waals surface area contributed by atoms with Crippen molar-refractivity contribution >= 4 is 29.5 Å². The number of likely N-dealkylation sites (N-methyl/N-ethyl adjacent to an activating group) is 1. The zero-order valence-corrected chi connectivity index (χ0v) is 14.1. The summed E-state index contributed by atoms with van der Waals surface area (Å²) >= 11 is 0. The van der Waals surface area contributed by atoms with Crippen molar-refractivity contribution in [3.05, 3.63) is 59.7 Å². The van der Waals surface area contributed by atoms with Gasteiger partial charge in [0.15, 0.2) is 12.3 Å². The van der Waals surface area contributed by atoms with E-state index in [2.05, 4.69) is 10.2 Å². The fourth-order valence-electron chi connectivity index (χ4n) is 2.62. The second-order valence-electron chi connectivity index (χ2n) is 5.51. The Morgan fingerprint density at radius 1 is 1.19 bits per heavy atom. The highest BCUT2D eigenvalue weighted by Gasteiger charge is 2.32. The van der Waals surface area contributed by atoms with E-state index in [1.807, 2.05) is 31.2 Å². The summed E-state index contributed by atoms with van der Waals surface area (Å²) in [7, 11) is 0. The molecule has 7 heteroatoms. The molecule has 3 rings (SSSR count). The molecule has 0 bridgehead atoms. The van der Waals surface area contributed by atoms with Gasteiger partial charge in [0.2, 0.25) is 0 Å². The Morgan fingerprint density at radius 3 is 2.62 bits per heavy atom. The molecule has 0 spiro atoms. The molecule has 2 aromatic carbocycles. The van der Waals surface area contributed by atoms with E-state index in [0.717, 1.165) is 16.8 Å². The quantitative estimate of drug-likeness (QED) is 0.639. The number of aliphatic carboxylic acids is 1. The molecule has 0 atom stereocenters. The van der Waals surface area contributed by atoms with Crippen LogP contribution in [0.15, 0.2) is 58.7 Å². The van der Waals surface area contributed by atoms with Gasteiger partial charge in [-0.3, -0.25) is 4.79 Å². The number of anilines is 1. The van der Waals surface area contributed by atoms with E-state index in [4.69, 9.17) is 9.84 Å². The lowest BCUT2D eigenvalue weighted by Crippen LogP contribution is -2.29. The van der Waals surface area contributed by atoms with Crippen molar-refractivity contribution in [3.63, 3.8) is 0 Å². The summed E-state index contributed by atoms with van der Waals surface area (Å²) in [4.78, 5) is 24.6. The van der Waals surface area contributed by atoms with E-state index in [0.29, 0.717) is 18.0 Å². The van der Waals surface area contributed by atoms with Gasteiger partial charge in [-0.25, -0.2) is 4.79 Å². The van der Waals surface area contributed by atoms with Crippen molar-refractivity contribution in [2.75, 3.05) is 18.1 Å². The van der Waals surface area contributed by atoms with Gasteiger partial charge >= 0.3 is 5.97 Å². The third-order valence-electron chi connectivity index (χ3n) is 3.82. The zero-order chi connectivity index (χ0) is 18.5. The molecule has 0 saturated carbocycles. The summed E-state index contributed by atoms with van der Waals surface area (Å²) in [6.07, 6.45) is 1.53. The predicted molar refractivity (Wildman–Crippen MR) is 98.2 cm³/mol. The number of ether oxygens (including phenoxy) is 1. The fraction of sp³-hybridized carbons (Fsp3) is 0.158. The van der Waals surface area contributed by atoms with E-state index in [-0.39, 0.29) is 5.91 Å². The number of hydrogen-bond donors (Lipinski definition) is 1. The SMILES string of the molecule is CCN1C(=O)/C(=N/N=C\c2ccc(OCC(=O)O)cc2)c2ccccc21. The van der Waals surface area contributed by atoms with E-state index >= 15 is 0 Å². The summed E-state index contributed by atoms with van der Waals surface area (Å²) in [6.45, 7) is 2.09. The third-order valence-corrected chi connectivity index (χ3v) is 3.82. The molecule has 0 radical (unpaired) electrons. The van der Waals surface area contributed by atoms with E-state index in [9.17, 15) is 9.59 Å². The van der Waals surface area contributed by atoms with Gasteiger partial charge in [-0.15, -0.1) is 5.10 Å². The van der Waals surface area contributed by atoms with Crippen LogP contribution >= 0.6 is 0 Å². The smallest absolute Gasteiger partial charge is 0.341 e. The lowest BCUT2D eigenvalue weighted by Gasteiger charge is -2.12. The highest BCUT2D eigenvalue weighted by Crippen LogP contribution is 2.28. The van der Waals surface area contributed by atoms with Crippen LogP contribution in [0.2, 0.25) is 0 Å². The molecule has 1 heterocycles. The highest BCUT2D eigenvalue weighted by atomic mass is 16.5. The molecular weight excluding hydrogens is 334 g/mol. The zero-order valence-electron chi connectivity index (χ0n) is 14.1. The van der Waals surface area contributed by atoms with Crippen molar-refractivity contribution < 1.29 is 19.4 Å². The van der Waals surface area contributed by atoms with Crippen LogP contribution in [-0.2, 0) is 9.59 Å². The van der Waals surface area contributed by atoms with Crippen LogP contribution in [-0.4, -0.2) is 42.1 Å². The van der Waals surface area contributed by atoms with Crippen molar-refractivity contribution in [2.45, 2.75) is 6.92 Å². The standard InChI is InChI=1S/C19H17N3O4/c1-2-22-16-6-4-3-5-15(16)18(19(22)25)21-20-11-13-7-9-14(10-8-13)26-12-17(23)24/h3-11H,2,12H2,1H3,(H,23,24)/b20-11-,21-18+. The minimum Gasteiger partial charge on any atom is -0.482 e. The van der Waals surface area contributed by atoms with Gasteiger partial charge in [-0.05, 0) is 42.8 Å². The van der Waals surface area contributed by atoms with Gasteiger partial charge in [0.05, 0.1) is 11.9 Å². The first-order valence-corrected chi connectivity index (χ1v) is 8.07. The summed E-state index contributed by atoms with van der Waals surface area (Å²) in [5, 5.41) is 16.7. The number of fused-ring (bicyclic) bond motifs is 1. The number of amides is 1. The van der Waals surface area contributed by atoms with E-state index in [1.165, 1.54) is 6.21 Å². The van der Waals surface area contributed by atoms with E-state index in [1.54, 1.807) is 29.2 Å². The van der Waals surface area contributed by atoms with Gasteiger partial charge in [-0.1, -0.05) is 18.2 Å². The average molecular weight is 351 g/mol. The van der Waals surface area contributed by atoms with Crippen LogP contribution in [0.25, 0.3) is 0 Å². The second kappa shape index (κ2) is 7.60. The molecule has 26 heavy (non-hydrogen) atoms. The molecule has 0 saturated heterocycles. The van der Waals surface area contributed by atoms with Crippen LogP contribution in [0.5, 0.6) is 5.75 Å². The Labute approximate surface area is 150 Å². The number of carboxylic acids is 1. The number of hydrogen-bond acceptors (Lipinski definition) is 5. The van der Waals surface area contributed by atoms with Crippen molar-refractivity contribution in [2.24, 2.45) is 10.2 Å². The molecule has 1 aliphatic rings. The molecule has 0 unspecified atom stereocenters. The number of carbonyl (C=O) groups excluding carboxylic acids is 1. The van der Waals surface area contributed by atoms with Crippen LogP contribution in [0, 0.1) is 0 Å². The van der Waals surface area contributed by atoms with Gasteiger partial charge in [0, 0.05) is 12.1 Å². The molecule has 2 aromatic rings. The minimum absolute atomic E-state index is 0.164. The first-order valence-electron chi connectivity index (χ1n) is 8.07. The summed E-state index contributed by atoms with van der Waals surface area (Å²) in [5.74, 6) is -0.744. The summed E-state index contributed by atoms with van der Waals surface area (Å²) < 4.78 is 5.06. The Bertz CT molecular complexity index is 888. The molecule has 1 amide bonds. The Morgan fingerprint density at radius 2 is 1.92 bits per heavy atom. The normalized spacial score (nSPS) is 14.9. The monoisotopic (exact) mass is 351 g/mol. The lowest BCUT2D eigenvalue weighted by molar-refractivity contribution is -0.139. The maximum atomic E-state index is 12.5. The number of carboxylic acid groups (broad SMARTS) is 1. The molecule has 0 fully saturated rings. The van der Waals surface area contributed by atoms with Gasteiger partial charge in [0.25, 0.3) is 5.91 Å². The molecular formula is C19H17N3O4. The van der Waals surface area contributed by atoms with Crippen molar-refractivity contribution in [1.29, 1.82) is 0 Å². The lowest BCUT2D eigenvalue weighted by atomic mass is 10.1. The number of rotatable bonds is 6. The van der Waals surface area contributed by atoms with Crippen LogP contribution < -0.4 is 9.64 Å². The third kappa shape index (κ3) is 3.61. The molecule has 1 aliphatic heterocycles. The van der Waals surface area contributed by atoms with Crippen LogP contribution in [0.1, 0.15) is 18.1 Å². The van der Waals surface area contributed by atoms with E-state index < -0.39 is 12.6 Å². The van der Waals surface area contributed by atoms with Crippen LogP contribution in [0.3, 0.4) is 0 Å². The number of nitrogens with zero attached hydrogens (tertiary/aromatic N) is 3. The molecule has 132 valence electrons. The van der Waals surface area contributed by atoms with Gasteiger partial charge in [0.1, 0.15) is 5.75 Å². The second-order valence-corrected chi connectivity index (χ2v) is 5.51. The largest absolute Gasteiger partial charge is 0.482 e. The number of benzene rings is 2. The molecule has 0 aromatic heterocycles. The van der Waals surface area contributed by atoms with Crippen molar-refractivity contribution in [3.8, 4) is 5.75 Å². The number of para-hydroxylation sites is 1. The van der Waals surface area contributed by atoms with Crippen molar-refractivity contribution in [1.82, 2.24) is 0 Å². The summed E-state index contributed by atoms with van der Waals surface area (Å²) in [6, 6.07) is 14.2. The highest BCUT2D eigenvalue weighted by molar-refractivity contribution is 6.54. The first-order chi connectivity index (χ1) is 12.6. The topological polar surface area (TPSA) is 91.6 Å². The average Bonchev–Trinajstić information content (AvgIpc) is 2.92. The number of carbonyl (C=O) groups is 2.